The van der Waals surface area contributed by atoms with Crippen molar-refractivity contribution in [2.75, 3.05) is 5.32 Å². The van der Waals surface area contributed by atoms with Crippen LogP contribution in [0.1, 0.15) is 30.0 Å². The largest absolute Gasteiger partial charge is 0.345 e. The average molecular weight is 378 g/mol. The highest BCUT2D eigenvalue weighted by atomic mass is 16.2. The molecule has 3 aromatic rings. The summed E-state index contributed by atoms with van der Waals surface area (Å²) in [6.07, 6.45) is 1.61. The van der Waals surface area contributed by atoms with Crippen LogP contribution >= 0.6 is 0 Å². The van der Waals surface area contributed by atoms with E-state index in [0.29, 0.717) is 17.1 Å². The summed E-state index contributed by atoms with van der Waals surface area (Å²) in [5, 5.41) is 16.3. The predicted molar refractivity (Wildman–Crippen MR) is 106 cm³/mol. The minimum Gasteiger partial charge on any atom is -0.345 e. The van der Waals surface area contributed by atoms with Gasteiger partial charge in [-0.05, 0) is 50.2 Å². The van der Waals surface area contributed by atoms with Crippen LogP contribution in [0.5, 0.6) is 0 Å². The number of hydrogen-bond acceptors (Lipinski definition) is 4. The van der Waals surface area contributed by atoms with Gasteiger partial charge in [0.2, 0.25) is 0 Å². The lowest BCUT2D eigenvalue weighted by molar-refractivity contribution is 0.0949. The maximum atomic E-state index is 12.4. The highest BCUT2D eigenvalue weighted by Gasteiger charge is 2.10. The highest BCUT2D eigenvalue weighted by molar-refractivity contribution is 5.95. The second-order valence-electron chi connectivity index (χ2n) is 6.47. The lowest BCUT2D eigenvalue weighted by Gasteiger charge is -2.11. The number of aromatic nitrogens is 3. The second kappa shape index (κ2) is 8.81. The van der Waals surface area contributed by atoms with Gasteiger partial charge in [0.05, 0.1) is 6.54 Å². The fourth-order valence-electron chi connectivity index (χ4n) is 2.58. The standard InChI is InChI=1S/C20H22N6O2/c1-14(2)23-20(28)24-16-10-8-15(9-11-16)19(27)21-12-18-25-22-13-26(18)17-6-4-3-5-7-17/h3-11,13-14H,12H2,1-2H3,(H,21,27)(H2,23,24,28). The topological polar surface area (TPSA) is 101 Å². The van der Waals surface area contributed by atoms with Gasteiger partial charge in [-0.3, -0.25) is 9.36 Å². The summed E-state index contributed by atoms with van der Waals surface area (Å²) in [6, 6.07) is 16.1. The van der Waals surface area contributed by atoms with Gasteiger partial charge in [-0.15, -0.1) is 10.2 Å². The summed E-state index contributed by atoms with van der Waals surface area (Å²) in [5.41, 5.74) is 2.02. The number of anilines is 1. The van der Waals surface area contributed by atoms with E-state index in [1.165, 1.54) is 0 Å². The number of para-hydroxylation sites is 1. The fraction of sp³-hybridized carbons (Fsp3) is 0.200. The van der Waals surface area contributed by atoms with Crippen molar-refractivity contribution >= 4 is 17.6 Å². The number of hydrogen-bond donors (Lipinski definition) is 3. The van der Waals surface area contributed by atoms with Gasteiger partial charge in [0.25, 0.3) is 5.91 Å². The summed E-state index contributed by atoms with van der Waals surface area (Å²) in [7, 11) is 0. The molecule has 0 bridgehead atoms. The second-order valence-corrected chi connectivity index (χ2v) is 6.47. The van der Waals surface area contributed by atoms with Crippen LogP contribution in [0.15, 0.2) is 60.9 Å². The van der Waals surface area contributed by atoms with Crippen molar-refractivity contribution in [3.05, 3.63) is 72.3 Å². The van der Waals surface area contributed by atoms with E-state index in [2.05, 4.69) is 26.1 Å². The van der Waals surface area contributed by atoms with Crippen LogP contribution in [0.25, 0.3) is 5.69 Å². The molecule has 144 valence electrons. The van der Waals surface area contributed by atoms with Crippen molar-refractivity contribution in [1.29, 1.82) is 0 Å². The van der Waals surface area contributed by atoms with E-state index >= 15 is 0 Å². The molecule has 8 nitrogen and oxygen atoms in total. The first-order valence-corrected chi connectivity index (χ1v) is 8.93. The van der Waals surface area contributed by atoms with E-state index < -0.39 is 0 Å². The molecule has 3 N–H and O–H groups in total. The molecule has 0 saturated heterocycles. The van der Waals surface area contributed by atoms with Crippen molar-refractivity contribution in [1.82, 2.24) is 25.4 Å². The average Bonchev–Trinajstić information content (AvgIpc) is 3.15. The van der Waals surface area contributed by atoms with Gasteiger partial charge >= 0.3 is 6.03 Å². The maximum Gasteiger partial charge on any atom is 0.319 e. The molecule has 1 heterocycles. The van der Waals surface area contributed by atoms with E-state index in [9.17, 15) is 9.59 Å². The van der Waals surface area contributed by atoms with E-state index in [0.717, 1.165) is 5.69 Å². The summed E-state index contributed by atoms with van der Waals surface area (Å²) in [4.78, 5) is 24.1. The number of rotatable bonds is 6. The molecule has 0 unspecified atom stereocenters. The SMILES string of the molecule is CC(C)NC(=O)Nc1ccc(C(=O)NCc2nncn2-c2ccccc2)cc1. The third kappa shape index (κ3) is 4.94. The normalized spacial score (nSPS) is 10.5. The number of carbonyl (C=O) groups is 2. The lowest BCUT2D eigenvalue weighted by atomic mass is 10.2. The summed E-state index contributed by atoms with van der Waals surface area (Å²) in [6.45, 7) is 4.00. The first-order chi connectivity index (χ1) is 13.5. The van der Waals surface area contributed by atoms with E-state index in [1.807, 2.05) is 48.7 Å². The van der Waals surface area contributed by atoms with Crippen molar-refractivity contribution in [3.8, 4) is 5.69 Å². The molecular weight excluding hydrogens is 356 g/mol. The van der Waals surface area contributed by atoms with E-state index in [1.54, 1.807) is 30.6 Å². The summed E-state index contributed by atoms with van der Waals surface area (Å²) < 4.78 is 1.82. The number of amides is 3. The minimum atomic E-state index is -0.285. The zero-order valence-corrected chi connectivity index (χ0v) is 15.7. The molecule has 0 fully saturated rings. The van der Waals surface area contributed by atoms with Crippen LogP contribution < -0.4 is 16.0 Å². The summed E-state index contributed by atoms with van der Waals surface area (Å²) in [5.74, 6) is 0.393. The Labute approximate surface area is 163 Å². The smallest absolute Gasteiger partial charge is 0.319 e. The van der Waals surface area contributed by atoms with Gasteiger partial charge in [-0.25, -0.2) is 4.79 Å². The Morgan fingerprint density at radius 3 is 2.43 bits per heavy atom. The molecule has 0 radical (unpaired) electrons. The van der Waals surface area contributed by atoms with Gasteiger partial charge in [0, 0.05) is 23.0 Å². The number of carbonyl (C=O) groups excluding carboxylic acids is 2. The van der Waals surface area contributed by atoms with Crippen LogP contribution in [-0.4, -0.2) is 32.7 Å². The molecule has 0 aliphatic heterocycles. The Morgan fingerprint density at radius 1 is 1.04 bits per heavy atom. The van der Waals surface area contributed by atoms with Crippen LogP contribution in [0.3, 0.4) is 0 Å². The molecule has 0 saturated carbocycles. The molecule has 8 heteroatoms. The Kier molecular flexibility index (Phi) is 6.01. The van der Waals surface area contributed by atoms with Gasteiger partial charge < -0.3 is 16.0 Å². The fourth-order valence-corrected chi connectivity index (χ4v) is 2.58. The van der Waals surface area contributed by atoms with Crippen molar-refractivity contribution in [2.45, 2.75) is 26.4 Å². The highest BCUT2D eigenvalue weighted by Crippen LogP contribution is 2.11. The third-order valence-corrected chi connectivity index (χ3v) is 3.88. The molecule has 0 aliphatic carbocycles. The Hall–Kier alpha value is -3.68. The predicted octanol–water partition coefficient (Wildman–Crippen LogP) is 2.73. The van der Waals surface area contributed by atoms with Crippen molar-refractivity contribution < 1.29 is 9.59 Å². The quantitative estimate of drug-likeness (QED) is 0.614. The van der Waals surface area contributed by atoms with Crippen molar-refractivity contribution in [2.24, 2.45) is 0 Å². The molecule has 3 rings (SSSR count). The van der Waals surface area contributed by atoms with Crippen LogP contribution in [0, 0.1) is 0 Å². The Morgan fingerprint density at radius 2 is 1.75 bits per heavy atom. The van der Waals surface area contributed by atoms with E-state index in [4.69, 9.17) is 0 Å². The zero-order chi connectivity index (χ0) is 19.9. The minimum absolute atomic E-state index is 0.0444. The molecule has 28 heavy (non-hydrogen) atoms. The number of nitrogens with one attached hydrogen (secondary N) is 3. The first-order valence-electron chi connectivity index (χ1n) is 8.93. The Balaban J connectivity index is 1.59. The molecule has 2 aromatic carbocycles. The van der Waals surface area contributed by atoms with Crippen LogP contribution in [-0.2, 0) is 6.54 Å². The van der Waals surface area contributed by atoms with Crippen molar-refractivity contribution in [3.63, 3.8) is 0 Å². The zero-order valence-electron chi connectivity index (χ0n) is 15.7. The van der Waals surface area contributed by atoms with Crippen LogP contribution in [0.4, 0.5) is 10.5 Å². The van der Waals surface area contributed by atoms with E-state index in [-0.39, 0.29) is 24.5 Å². The van der Waals surface area contributed by atoms with Gasteiger partial charge in [0.15, 0.2) is 5.82 Å². The van der Waals surface area contributed by atoms with Gasteiger partial charge in [-0.1, -0.05) is 18.2 Å². The maximum absolute atomic E-state index is 12.4. The molecule has 0 aliphatic rings. The Bertz CT molecular complexity index is 935. The molecule has 3 amide bonds. The number of nitrogens with zero attached hydrogens (tertiary/aromatic N) is 3. The molecular formula is C20H22N6O2. The monoisotopic (exact) mass is 378 g/mol. The molecule has 1 aromatic heterocycles. The van der Waals surface area contributed by atoms with Gasteiger partial charge in [-0.2, -0.15) is 0 Å². The summed E-state index contributed by atoms with van der Waals surface area (Å²) >= 11 is 0. The lowest BCUT2D eigenvalue weighted by Crippen LogP contribution is -2.34. The molecule has 0 atom stereocenters. The van der Waals surface area contributed by atoms with Crippen LogP contribution in [0.2, 0.25) is 0 Å². The molecule has 0 spiro atoms. The first kappa shape index (κ1) is 19.1. The number of urea groups is 1. The third-order valence-electron chi connectivity index (χ3n) is 3.88. The van der Waals surface area contributed by atoms with Gasteiger partial charge in [0.1, 0.15) is 6.33 Å². The number of benzene rings is 2.